The molecule has 2 aromatic carbocycles. The second-order valence-electron chi connectivity index (χ2n) is 5.55. The molecule has 6 nitrogen and oxygen atoms in total. The zero-order valence-electron chi connectivity index (χ0n) is 14.7. The Morgan fingerprint density at radius 3 is 2.31 bits per heavy atom. The molecule has 0 bridgehead atoms. The van der Waals surface area contributed by atoms with Gasteiger partial charge in [-0.25, -0.2) is 13.1 Å². The summed E-state index contributed by atoms with van der Waals surface area (Å²) in [6, 6.07) is 13.3. The van der Waals surface area contributed by atoms with Crippen LogP contribution in [-0.4, -0.2) is 34.0 Å². The SMILES string of the molecule is CCN(CC)c1ccc(NC(=O)CNS(=O)(=O)c2cccc(Cl)c2)cc1. The molecule has 0 unspecified atom stereocenters. The summed E-state index contributed by atoms with van der Waals surface area (Å²) in [6.45, 7) is 5.57. The first kappa shape index (κ1) is 20.2. The Balaban J connectivity index is 1.94. The van der Waals surface area contributed by atoms with Gasteiger partial charge in [-0.2, -0.15) is 0 Å². The van der Waals surface area contributed by atoms with E-state index in [4.69, 9.17) is 11.6 Å². The highest BCUT2D eigenvalue weighted by Gasteiger charge is 2.16. The van der Waals surface area contributed by atoms with Crippen LogP contribution in [0.1, 0.15) is 13.8 Å². The van der Waals surface area contributed by atoms with Gasteiger partial charge in [0.25, 0.3) is 0 Å². The zero-order valence-corrected chi connectivity index (χ0v) is 16.3. The first-order valence-corrected chi connectivity index (χ1v) is 10.1. The van der Waals surface area contributed by atoms with Crippen LogP contribution in [0.2, 0.25) is 5.02 Å². The highest BCUT2D eigenvalue weighted by Crippen LogP contribution is 2.18. The number of carbonyl (C=O) groups is 1. The van der Waals surface area contributed by atoms with E-state index < -0.39 is 15.9 Å². The van der Waals surface area contributed by atoms with Gasteiger partial charge >= 0.3 is 0 Å². The monoisotopic (exact) mass is 395 g/mol. The number of hydrogen-bond donors (Lipinski definition) is 2. The number of benzene rings is 2. The van der Waals surface area contributed by atoms with Crippen molar-refractivity contribution in [1.82, 2.24) is 4.72 Å². The third kappa shape index (κ3) is 5.45. The number of sulfonamides is 1. The summed E-state index contributed by atoms with van der Waals surface area (Å²) in [4.78, 5) is 14.2. The lowest BCUT2D eigenvalue weighted by molar-refractivity contribution is -0.115. The normalized spacial score (nSPS) is 11.2. The Morgan fingerprint density at radius 1 is 1.08 bits per heavy atom. The number of carbonyl (C=O) groups excluding carboxylic acids is 1. The molecular formula is C18H22ClN3O3S. The Morgan fingerprint density at radius 2 is 1.73 bits per heavy atom. The van der Waals surface area contributed by atoms with Crippen molar-refractivity contribution in [3.8, 4) is 0 Å². The van der Waals surface area contributed by atoms with Crippen molar-refractivity contribution in [2.24, 2.45) is 0 Å². The summed E-state index contributed by atoms with van der Waals surface area (Å²) in [6.07, 6.45) is 0. The van der Waals surface area contributed by atoms with E-state index >= 15 is 0 Å². The van der Waals surface area contributed by atoms with E-state index in [2.05, 4.69) is 28.8 Å². The maximum absolute atomic E-state index is 12.2. The van der Waals surface area contributed by atoms with E-state index in [-0.39, 0.29) is 11.4 Å². The van der Waals surface area contributed by atoms with Gasteiger partial charge in [-0.05, 0) is 56.3 Å². The van der Waals surface area contributed by atoms with Crippen LogP contribution in [0.25, 0.3) is 0 Å². The molecule has 26 heavy (non-hydrogen) atoms. The molecule has 2 rings (SSSR count). The minimum Gasteiger partial charge on any atom is -0.372 e. The molecule has 0 aliphatic carbocycles. The molecule has 0 atom stereocenters. The molecule has 0 spiro atoms. The first-order valence-electron chi connectivity index (χ1n) is 8.25. The van der Waals surface area contributed by atoms with Crippen molar-refractivity contribution in [1.29, 1.82) is 0 Å². The molecule has 0 fully saturated rings. The summed E-state index contributed by atoms with van der Waals surface area (Å²) in [5, 5.41) is 2.98. The van der Waals surface area contributed by atoms with Crippen molar-refractivity contribution in [2.75, 3.05) is 29.9 Å². The fourth-order valence-electron chi connectivity index (χ4n) is 2.43. The molecule has 0 heterocycles. The van der Waals surface area contributed by atoms with E-state index in [1.807, 2.05) is 12.1 Å². The molecule has 8 heteroatoms. The Labute approximate surface area is 159 Å². The molecule has 140 valence electrons. The van der Waals surface area contributed by atoms with E-state index in [0.717, 1.165) is 18.8 Å². The van der Waals surface area contributed by atoms with Gasteiger partial charge in [0.15, 0.2) is 0 Å². The van der Waals surface area contributed by atoms with Gasteiger partial charge in [0, 0.05) is 29.5 Å². The van der Waals surface area contributed by atoms with Crippen LogP contribution < -0.4 is 14.9 Å². The quantitative estimate of drug-likeness (QED) is 0.719. The summed E-state index contributed by atoms with van der Waals surface area (Å²) in [5.74, 6) is -0.453. The van der Waals surface area contributed by atoms with E-state index in [1.54, 1.807) is 18.2 Å². The van der Waals surface area contributed by atoms with Crippen molar-refractivity contribution >= 4 is 38.9 Å². The zero-order chi connectivity index (χ0) is 19.2. The third-order valence-electron chi connectivity index (χ3n) is 3.81. The second-order valence-corrected chi connectivity index (χ2v) is 7.75. The van der Waals surface area contributed by atoms with Crippen molar-refractivity contribution in [3.05, 3.63) is 53.6 Å². The summed E-state index contributed by atoms with van der Waals surface area (Å²) in [7, 11) is -3.80. The first-order chi connectivity index (χ1) is 12.4. The number of amides is 1. The van der Waals surface area contributed by atoms with Crippen LogP contribution in [0.15, 0.2) is 53.4 Å². The highest BCUT2D eigenvalue weighted by molar-refractivity contribution is 7.89. The van der Waals surface area contributed by atoms with Gasteiger partial charge in [-0.3, -0.25) is 4.79 Å². The fourth-order valence-corrected chi connectivity index (χ4v) is 3.71. The molecule has 0 saturated carbocycles. The van der Waals surface area contributed by atoms with Gasteiger partial charge in [0.2, 0.25) is 15.9 Å². The predicted octanol–water partition coefficient (Wildman–Crippen LogP) is 3.10. The average Bonchev–Trinajstić information content (AvgIpc) is 2.62. The summed E-state index contributed by atoms with van der Waals surface area (Å²) < 4.78 is 26.6. The van der Waals surface area contributed by atoms with Crippen LogP contribution in [0.4, 0.5) is 11.4 Å². The third-order valence-corrected chi connectivity index (χ3v) is 5.44. The van der Waals surface area contributed by atoms with Gasteiger partial charge < -0.3 is 10.2 Å². The van der Waals surface area contributed by atoms with Crippen LogP contribution in [0.5, 0.6) is 0 Å². The molecule has 2 N–H and O–H groups in total. The molecule has 0 aliphatic rings. The molecule has 0 radical (unpaired) electrons. The maximum atomic E-state index is 12.2. The molecule has 0 saturated heterocycles. The minimum atomic E-state index is -3.80. The predicted molar refractivity (Wildman–Crippen MR) is 105 cm³/mol. The van der Waals surface area contributed by atoms with E-state index in [0.29, 0.717) is 10.7 Å². The van der Waals surface area contributed by atoms with Crippen LogP contribution in [-0.2, 0) is 14.8 Å². The summed E-state index contributed by atoms with van der Waals surface area (Å²) >= 11 is 5.80. The van der Waals surface area contributed by atoms with Gasteiger partial charge in [0.1, 0.15) is 0 Å². The van der Waals surface area contributed by atoms with Gasteiger partial charge in [-0.1, -0.05) is 17.7 Å². The van der Waals surface area contributed by atoms with Crippen molar-refractivity contribution < 1.29 is 13.2 Å². The molecule has 0 aromatic heterocycles. The van der Waals surface area contributed by atoms with E-state index in [9.17, 15) is 13.2 Å². The van der Waals surface area contributed by atoms with Gasteiger partial charge in [0.05, 0.1) is 11.4 Å². The number of anilines is 2. The molecule has 0 aliphatic heterocycles. The lowest BCUT2D eigenvalue weighted by Crippen LogP contribution is -2.32. The Hall–Kier alpha value is -2.09. The lowest BCUT2D eigenvalue weighted by atomic mass is 10.2. The van der Waals surface area contributed by atoms with Crippen molar-refractivity contribution in [3.63, 3.8) is 0 Å². The number of nitrogens with one attached hydrogen (secondary N) is 2. The topological polar surface area (TPSA) is 78.5 Å². The fraction of sp³-hybridized carbons (Fsp3) is 0.278. The van der Waals surface area contributed by atoms with E-state index in [1.165, 1.54) is 18.2 Å². The average molecular weight is 396 g/mol. The highest BCUT2D eigenvalue weighted by atomic mass is 35.5. The summed E-state index contributed by atoms with van der Waals surface area (Å²) in [5.41, 5.74) is 1.67. The number of nitrogens with zero attached hydrogens (tertiary/aromatic N) is 1. The van der Waals surface area contributed by atoms with Gasteiger partial charge in [-0.15, -0.1) is 0 Å². The Kier molecular flexibility index (Phi) is 7.02. The maximum Gasteiger partial charge on any atom is 0.241 e. The minimum absolute atomic E-state index is 0.0152. The molecular weight excluding hydrogens is 374 g/mol. The smallest absolute Gasteiger partial charge is 0.241 e. The second kappa shape index (κ2) is 9.02. The van der Waals surface area contributed by atoms with Crippen LogP contribution in [0, 0.1) is 0 Å². The van der Waals surface area contributed by atoms with Crippen LogP contribution >= 0.6 is 11.6 Å². The lowest BCUT2D eigenvalue weighted by Gasteiger charge is -2.21. The largest absolute Gasteiger partial charge is 0.372 e. The number of halogens is 1. The number of rotatable bonds is 8. The Bertz CT molecular complexity index is 850. The van der Waals surface area contributed by atoms with Crippen LogP contribution in [0.3, 0.4) is 0 Å². The molecule has 1 amide bonds. The molecule has 2 aromatic rings. The van der Waals surface area contributed by atoms with Crippen molar-refractivity contribution in [2.45, 2.75) is 18.7 Å². The number of hydrogen-bond acceptors (Lipinski definition) is 4. The standard InChI is InChI=1S/C18H22ClN3O3S/c1-3-22(4-2)16-10-8-15(9-11-16)21-18(23)13-20-26(24,25)17-7-5-6-14(19)12-17/h5-12,20H,3-4,13H2,1-2H3,(H,21,23).